The number of benzene rings is 1. The van der Waals surface area contributed by atoms with Crippen LogP contribution in [0.4, 0.5) is 5.82 Å². The molecule has 1 aliphatic rings. The number of aromatic nitrogens is 2. The van der Waals surface area contributed by atoms with E-state index in [0.717, 1.165) is 22.7 Å². The fourth-order valence-electron chi connectivity index (χ4n) is 3.26. The first-order valence-electron chi connectivity index (χ1n) is 7.91. The van der Waals surface area contributed by atoms with Crippen molar-refractivity contribution in [1.82, 2.24) is 9.38 Å². The van der Waals surface area contributed by atoms with E-state index in [1.54, 1.807) is 6.07 Å². The van der Waals surface area contributed by atoms with Crippen molar-refractivity contribution in [2.24, 2.45) is 0 Å². The maximum absolute atomic E-state index is 6.41. The van der Waals surface area contributed by atoms with E-state index in [1.165, 1.54) is 25.7 Å². The molecular formula is C18H17Cl2N3. The number of hydrogen-bond acceptors (Lipinski definition) is 2. The Kier molecular flexibility index (Phi) is 3.92. The third kappa shape index (κ3) is 2.79. The fourth-order valence-corrected chi connectivity index (χ4v) is 3.64. The number of pyridine rings is 1. The summed E-state index contributed by atoms with van der Waals surface area (Å²) < 4.78 is 2.09. The van der Waals surface area contributed by atoms with Gasteiger partial charge in [-0.05, 0) is 43.2 Å². The van der Waals surface area contributed by atoms with E-state index in [1.807, 2.05) is 36.5 Å². The summed E-state index contributed by atoms with van der Waals surface area (Å²) in [5.41, 5.74) is 2.62. The van der Waals surface area contributed by atoms with Crippen LogP contribution < -0.4 is 5.32 Å². The van der Waals surface area contributed by atoms with Gasteiger partial charge in [0, 0.05) is 22.8 Å². The average Bonchev–Trinajstić information content (AvgIpc) is 3.19. The lowest BCUT2D eigenvalue weighted by Crippen LogP contribution is -2.16. The summed E-state index contributed by atoms with van der Waals surface area (Å²) in [7, 11) is 0. The summed E-state index contributed by atoms with van der Waals surface area (Å²) in [6.45, 7) is 0. The van der Waals surface area contributed by atoms with E-state index in [0.29, 0.717) is 16.1 Å². The van der Waals surface area contributed by atoms with Crippen LogP contribution in [0.1, 0.15) is 25.7 Å². The zero-order valence-electron chi connectivity index (χ0n) is 12.6. The van der Waals surface area contributed by atoms with Gasteiger partial charge in [-0.2, -0.15) is 0 Å². The number of rotatable bonds is 3. The van der Waals surface area contributed by atoms with Crippen LogP contribution in [0.3, 0.4) is 0 Å². The van der Waals surface area contributed by atoms with Gasteiger partial charge in [0.15, 0.2) is 0 Å². The molecular weight excluding hydrogens is 329 g/mol. The predicted molar refractivity (Wildman–Crippen MR) is 96.5 cm³/mol. The molecule has 0 bridgehead atoms. The minimum atomic E-state index is 0.492. The highest BCUT2D eigenvalue weighted by molar-refractivity contribution is 6.35. The van der Waals surface area contributed by atoms with Crippen LogP contribution in [-0.4, -0.2) is 15.4 Å². The van der Waals surface area contributed by atoms with Gasteiger partial charge in [-0.25, -0.2) is 4.98 Å². The molecule has 4 rings (SSSR count). The summed E-state index contributed by atoms with van der Waals surface area (Å²) in [6, 6.07) is 12.0. The SMILES string of the molecule is Clc1ccc(Cl)c(-c2nc3ccccn3c2NC2CCCC2)c1. The topological polar surface area (TPSA) is 29.3 Å². The monoisotopic (exact) mass is 345 g/mol. The molecule has 5 heteroatoms. The first-order chi connectivity index (χ1) is 11.2. The van der Waals surface area contributed by atoms with Crippen molar-refractivity contribution in [1.29, 1.82) is 0 Å². The Balaban J connectivity index is 1.89. The molecule has 0 atom stereocenters. The number of fused-ring (bicyclic) bond motifs is 1. The van der Waals surface area contributed by atoms with E-state index in [4.69, 9.17) is 28.2 Å². The quantitative estimate of drug-likeness (QED) is 0.663. The molecule has 3 nitrogen and oxygen atoms in total. The van der Waals surface area contributed by atoms with Crippen LogP contribution in [0, 0.1) is 0 Å². The Hall–Kier alpha value is -1.71. The highest BCUT2D eigenvalue weighted by atomic mass is 35.5. The highest BCUT2D eigenvalue weighted by Gasteiger charge is 2.21. The number of imidazole rings is 1. The zero-order valence-corrected chi connectivity index (χ0v) is 14.1. The number of nitrogens with one attached hydrogen (secondary N) is 1. The average molecular weight is 346 g/mol. The van der Waals surface area contributed by atoms with Crippen molar-refractivity contribution in [3.8, 4) is 11.3 Å². The molecule has 1 aromatic carbocycles. The van der Waals surface area contributed by atoms with Crippen LogP contribution in [0.25, 0.3) is 16.9 Å². The summed E-state index contributed by atoms with van der Waals surface area (Å²) in [5, 5.41) is 5.00. The third-order valence-corrected chi connectivity index (χ3v) is 4.97. The summed E-state index contributed by atoms with van der Waals surface area (Å²) >= 11 is 12.6. The van der Waals surface area contributed by atoms with Crippen LogP contribution in [0.15, 0.2) is 42.6 Å². The van der Waals surface area contributed by atoms with Gasteiger partial charge in [0.05, 0.1) is 5.02 Å². The van der Waals surface area contributed by atoms with Crippen LogP contribution >= 0.6 is 23.2 Å². The van der Waals surface area contributed by atoms with Crippen molar-refractivity contribution in [2.75, 3.05) is 5.32 Å². The first-order valence-corrected chi connectivity index (χ1v) is 8.67. The summed E-state index contributed by atoms with van der Waals surface area (Å²) in [4.78, 5) is 4.78. The van der Waals surface area contributed by atoms with Gasteiger partial charge in [0.25, 0.3) is 0 Å². The Labute approximate surface area is 145 Å². The number of hydrogen-bond donors (Lipinski definition) is 1. The smallest absolute Gasteiger partial charge is 0.139 e. The van der Waals surface area contributed by atoms with Gasteiger partial charge in [0.2, 0.25) is 0 Å². The normalized spacial score (nSPS) is 15.4. The second-order valence-corrected chi connectivity index (χ2v) is 6.83. The molecule has 1 aliphatic carbocycles. The lowest BCUT2D eigenvalue weighted by Gasteiger charge is -2.15. The molecule has 1 N–H and O–H groups in total. The molecule has 3 aromatic rings. The standard InChI is InChI=1S/C18H17Cl2N3/c19-12-8-9-15(20)14(11-12)17-18(21-13-5-1-2-6-13)23-10-4-3-7-16(23)22-17/h3-4,7-11,13,21H,1-2,5-6H2. The van der Waals surface area contributed by atoms with Crippen LogP contribution in [0.2, 0.25) is 10.0 Å². The molecule has 118 valence electrons. The molecule has 0 spiro atoms. The predicted octanol–water partition coefficient (Wildman–Crippen LogP) is 5.66. The van der Waals surface area contributed by atoms with Gasteiger partial charge in [-0.1, -0.05) is 42.1 Å². The number of nitrogens with zero attached hydrogens (tertiary/aromatic N) is 2. The Morgan fingerprint density at radius 2 is 1.91 bits per heavy atom. The van der Waals surface area contributed by atoms with Crippen molar-refractivity contribution < 1.29 is 0 Å². The van der Waals surface area contributed by atoms with Gasteiger partial charge in [0.1, 0.15) is 17.2 Å². The van der Waals surface area contributed by atoms with Gasteiger partial charge in [-0.15, -0.1) is 0 Å². The molecule has 0 amide bonds. The van der Waals surface area contributed by atoms with Crippen molar-refractivity contribution in [3.05, 3.63) is 52.6 Å². The van der Waals surface area contributed by atoms with Crippen LogP contribution in [0.5, 0.6) is 0 Å². The van der Waals surface area contributed by atoms with Crippen molar-refractivity contribution >= 4 is 34.7 Å². The second kappa shape index (κ2) is 6.06. The molecule has 2 heterocycles. The largest absolute Gasteiger partial charge is 0.367 e. The minimum Gasteiger partial charge on any atom is -0.367 e. The van der Waals surface area contributed by atoms with E-state index >= 15 is 0 Å². The molecule has 2 aromatic heterocycles. The van der Waals surface area contributed by atoms with Gasteiger partial charge >= 0.3 is 0 Å². The van der Waals surface area contributed by atoms with E-state index in [-0.39, 0.29) is 0 Å². The highest BCUT2D eigenvalue weighted by Crippen LogP contribution is 2.36. The van der Waals surface area contributed by atoms with E-state index < -0.39 is 0 Å². The van der Waals surface area contributed by atoms with Gasteiger partial charge in [-0.3, -0.25) is 4.40 Å². The lowest BCUT2D eigenvalue weighted by atomic mass is 10.1. The summed E-state index contributed by atoms with van der Waals surface area (Å²) in [6.07, 6.45) is 6.98. The van der Waals surface area contributed by atoms with Crippen LogP contribution in [-0.2, 0) is 0 Å². The van der Waals surface area contributed by atoms with E-state index in [2.05, 4.69) is 9.72 Å². The molecule has 1 saturated carbocycles. The van der Waals surface area contributed by atoms with Crippen molar-refractivity contribution in [3.63, 3.8) is 0 Å². The number of anilines is 1. The number of halogens is 2. The first kappa shape index (κ1) is 14.9. The summed E-state index contributed by atoms with van der Waals surface area (Å²) in [5.74, 6) is 0.997. The second-order valence-electron chi connectivity index (χ2n) is 5.99. The maximum atomic E-state index is 6.41. The minimum absolute atomic E-state index is 0.492. The third-order valence-electron chi connectivity index (χ3n) is 4.41. The molecule has 0 unspecified atom stereocenters. The van der Waals surface area contributed by atoms with E-state index in [9.17, 15) is 0 Å². The molecule has 1 fully saturated rings. The Morgan fingerprint density at radius 1 is 1.09 bits per heavy atom. The Bertz CT molecular complexity index is 851. The molecule has 0 radical (unpaired) electrons. The zero-order chi connectivity index (χ0) is 15.8. The van der Waals surface area contributed by atoms with Crippen molar-refractivity contribution in [2.45, 2.75) is 31.7 Å². The maximum Gasteiger partial charge on any atom is 0.139 e. The molecule has 23 heavy (non-hydrogen) atoms. The Morgan fingerprint density at radius 3 is 2.74 bits per heavy atom. The fraction of sp³-hybridized carbons (Fsp3) is 0.278. The molecule has 0 aliphatic heterocycles. The lowest BCUT2D eigenvalue weighted by molar-refractivity contribution is 0.749. The van der Waals surface area contributed by atoms with Gasteiger partial charge < -0.3 is 5.32 Å². The molecule has 0 saturated heterocycles.